The van der Waals surface area contributed by atoms with Crippen molar-refractivity contribution in [3.8, 4) is 0 Å². The summed E-state index contributed by atoms with van der Waals surface area (Å²) >= 11 is 0. The molecule has 3 N–H and O–H groups in total. The van der Waals surface area contributed by atoms with Crippen LogP contribution in [0.25, 0.3) is 5.65 Å². The number of aromatic nitrogens is 5. The molecule has 8 heteroatoms. The number of fused-ring (bicyclic) bond motifs is 1. The summed E-state index contributed by atoms with van der Waals surface area (Å²) in [5.74, 6) is 0.101. The molecule has 0 unspecified atom stereocenters. The number of nitrogens with one attached hydrogen (secondary N) is 1. The molecule has 3 rings (SSSR count). The summed E-state index contributed by atoms with van der Waals surface area (Å²) in [6.45, 7) is 0. The van der Waals surface area contributed by atoms with Gasteiger partial charge < -0.3 is 11.1 Å². The average molecular weight is 255 g/mol. The van der Waals surface area contributed by atoms with Gasteiger partial charge in [0, 0.05) is 24.7 Å². The molecule has 0 spiro atoms. The number of carbonyl (C=O) groups is 1. The van der Waals surface area contributed by atoms with E-state index in [0.717, 1.165) is 0 Å². The van der Waals surface area contributed by atoms with Crippen LogP contribution in [-0.4, -0.2) is 30.5 Å². The summed E-state index contributed by atoms with van der Waals surface area (Å²) < 4.78 is 1.50. The van der Waals surface area contributed by atoms with Gasteiger partial charge in [-0.25, -0.2) is 15.0 Å². The van der Waals surface area contributed by atoms with E-state index in [0.29, 0.717) is 11.5 Å². The first-order valence-electron chi connectivity index (χ1n) is 5.42. The Morgan fingerprint density at radius 2 is 1.95 bits per heavy atom. The quantitative estimate of drug-likeness (QED) is 0.683. The molecule has 3 heterocycles. The Labute approximate surface area is 107 Å². The minimum absolute atomic E-state index is 0.0691. The highest BCUT2D eigenvalue weighted by atomic mass is 16.2. The molecule has 3 aromatic rings. The molecule has 0 aliphatic rings. The Balaban J connectivity index is 1.95. The monoisotopic (exact) mass is 255 g/mol. The normalized spacial score (nSPS) is 10.5. The van der Waals surface area contributed by atoms with Crippen LogP contribution in [-0.2, 0) is 0 Å². The zero-order chi connectivity index (χ0) is 13.2. The van der Waals surface area contributed by atoms with Crippen LogP contribution in [0.4, 0.5) is 11.6 Å². The third kappa shape index (κ3) is 1.95. The number of nitrogen functional groups attached to an aromatic ring is 1. The fraction of sp³-hybridized carbons (Fsp3) is 0. The second-order valence-electron chi connectivity index (χ2n) is 3.68. The van der Waals surface area contributed by atoms with Crippen LogP contribution in [0, 0.1) is 0 Å². The number of nitrogens with zero attached hydrogens (tertiary/aromatic N) is 5. The van der Waals surface area contributed by atoms with E-state index >= 15 is 0 Å². The van der Waals surface area contributed by atoms with Crippen molar-refractivity contribution in [2.24, 2.45) is 0 Å². The Bertz CT molecular complexity index is 751. The molecule has 19 heavy (non-hydrogen) atoms. The van der Waals surface area contributed by atoms with Gasteiger partial charge in [-0.05, 0) is 6.07 Å². The smallest absolute Gasteiger partial charge is 0.279 e. The van der Waals surface area contributed by atoms with Crippen LogP contribution < -0.4 is 11.1 Å². The fourth-order valence-corrected chi connectivity index (χ4v) is 1.63. The molecular weight excluding hydrogens is 246 g/mol. The van der Waals surface area contributed by atoms with Crippen molar-refractivity contribution in [2.75, 3.05) is 11.1 Å². The lowest BCUT2D eigenvalue weighted by atomic mass is 10.3. The molecule has 0 fully saturated rings. The lowest BCUT2D eigenvalue weighted by Crippen LogP contribution is -2.18. The molecule has 0 bridgehead atoms. The number of amides is 1. The van der Waals surface area contributed by atoms with Crippen LogP contribution in [0.5, 0.6) is 0 Å². The van der Waals surface area contributed by atoms with E-state index in [4.69, 9.17) is 5.73 Å². The standard InChI is InChI=1S/C11H9N7O/c12-10-9(14-5-6-15-10)11(19)17-8-1-3-13-7-2-4-16-18(7)8/h1-6H,(H2,12,15)(H,17,19). The first-order valence-corrected chi connectivity index (χ1v) is 5.42. The third-order valence-electron chi connectivity index (χ3n) is 2.47. The van der Waals surface area contributed by atoms with Gasteiger partial charge in [0.15, 0.2) is 17.2 Å². The predicted octanol–water partition coefficient (Wildman–Crippen LogP) is 0.354. The van der Waals surface area contributed by atoms with Gasteiger partial charge in [0.05, 0.1) is 6.20 Å². The molecule has 0 aromatic carbocycles. The molecule has 0 atom stereocenters. The largest absolute Gasteiger partial charge is 0.382 e. The predicted molar refractivity (Wildman–Crippen MR) is 67.4 cm³/mol. The first-order chi connectivity index (χ1) is 9.25. The van der Waals surface area contributed by atoms with Gasteiger partial charge in [-0.3, -0.25) is 4.79 Å². The van der Waals surface area contributed by atoms with Crippen LogP contribution >= 0.6 is 0 Å². The molecule has 0 radical (unpaired) electrons. The molecule has 8 nitrogen and oxygen atoms in total. The number of nitrogens with two attached hydrogens (primary N) is 1. The van der Waals surface area contributed by atoms with Gasteiger partial charge in [-0.1, -0.05) is 0 Å². The van der Waals surface area contributed by atoms with E-state index < -0.39 is 5.91 Å². The molecule has 0 saturated heterocycles. The van der Waals surface area contributed by atoms with E-state index in [9.17, 15) is 4.79 Å². The molecule has 1 amide bonds. The van der Waals surface area contributed by atoms with Crippen molar-refractivity contribution < 1.29 is 4.79 Å². The molecular formula is C11H9N7O. The van der Waals surface area contributed by atoms with Crippen molar-refractivity contribution in [2.45, 2.75) is 0 Å². The summed E-state index contributed by atoms with van der Waals surface area (Å²) in [5, 5.41) is 6.73. The molecule has 3 aromatic heterocycles. The van der Waals surface area contributed by atoms with Gasteiger partial charge in [-0.2, -0.15) is 9.61 Å². The SMILES string of the molecule is Nc1nccnc1C(=O)Nc1ccnc2ccnn12. The molecule has 94 valence electrons. The van der Waals surface area contributed by atoms with Crippen molar-refractivity contribution in [3.05, 3.63) is 42.6 Å². The maximum Gasteiger partial charge on any atom is 0.279 e. The van der Waals surface area contributed by atoms with Crippen LogP contribution in [0.1, 0.15) is 10.5 Å². The van der Waals surface area contributed by atoms with E-state index in [1.54, 1.807) is 24.5 Å². The van der Waals surface area contributed by atoms with Gasteiger partial charge in [0.2, 0.25) is 0 Å². The van der Waals surface area contributed by atoms with Crippen LogP contribution in [0.15, 0.2) is 36.9 Å². The van der Waals surface area contributed by atoms with Gasteiger partial charge in [0.25, 0.3) is 5.91 Å². The number of hydrogen-bond donors (Lipinski definition) is 2. The summed E-state index contributed by atoms with van der Waals surface area (Å²) in [6.07, 6.45) is 5.99. The number of carbonyl (C=O) groups excluding carboxylic acids is 1. The maximum absolute atomic E-state index is 12.0. The zero-order valence-corrected chi connectivity index (χ0v) is 9.69. The summed E-state index contributed by atoms with van der Waals surface area (Å²) in [7, 11) is 0. The zero-order valence-electron chi connectivity index (χ0n) is 9.69. The van der Waals surface area contributed by atoms with E-state index in [1.807, 2.05) is 0 Å². The summed E-state index contributed by atoms with van der Waals surface area (Å²) in [4.78, 5) is 23.9. The Morgan fingerprint density at radius 1 is 1.11 bits per heavy atom. The fourth-order valence-electron chi connectivity index (χ4n) is 1.63. The Kier molecular flexibility index (Phi) is 2.53. The average Bonchev–Trinajstić information content (AvgIpc) is 2.88. The first kappa shape index (κ1) is 11.1. The van der Waals surface area contributed by atoms with Crippen molar-refractivity contribution in [1.29, 1.82) is 0 Å². The van der Waals surface area contributed by atoms with Crippen molar-refractivity contribution >= 4 is 23.2 Å². The van der Waals surface area contributed by atoms with Gasteiger partial charge in [-0.15, -0.1) is 0 Å². The summed E-state index contributed by atoms with van der Waals surface area (Å²) in [5.41, 5.74) is 6.30. The van der Waals surface area contributed by atoms with Crippen LogP contribution in [0.2, 0.25) is 0 Å². The lowest BCUT2D eigenvalue weighted by Gasteiger charge is -2.07. The number of anilines is 2. The minimum atomic E-state index is -0.450. The van der Waals surface area contributed by atoms with Gasteiger partial charge >= 0.3 is 0 Å². The Hall–Kier alpha value is -3.03. The molecule has 0 aliphatic carbocycles. The van der Waals surface area contributed by atoms with E-state index in [1.165, 1.54) is 16.9 Å². The summed E-state index contributed by atoms with van der Waals surface area (Å²) in [6, 6.07) is 3.36. The number of hydrogen-bond acceptors (Lipinski definition) is 6. The lowest BCUT2D eigenvalue weighted by molar-refractivity contribution is 0.102. The second-order valence-corrected chi connectivity index (χ2v) is 3.68. The second kappa shape index (κ2) is 4.33. The van der Waals surface area contributed by atoms with Crippen molar-refractivity contribution in [3.63, 3.8) is 0 Å². The maximum atomic E-state index is 12.0. The number of rotatable bonds is 2. The third-order valence-corrected chi connectivity index (χ3v) is 2.47. The topological polar surface area (TPSA) is 111 Å². The molecule has 0 saturated carbocycles. The molecule has 0 aliphatic heterocycles. The van der Waals surface area contributed by atoms with E-state index in [2.05, 4.69) is 25.4 Å². The highest BCUT2D eigenvalue weighted by Crippen LogP contribution is 2.11. The highest BCUT2D eigenvalue weighted by Gasteiger charge is 2.13. The van der Waals surface area contributed by atoms with Crippen molar-refractivity contribution in [1.82, 2.24) is 24.6 Å². The Morgan fingerprint density at radius 3 is 2.79 bits per heavy atom. The van der Waals surface area contributed by atoms with E-state index in [-0.39, 0.29) is 11.5 Å². The van der Waals surface area contributed by atoms with Gasteiger partial charge in [0.1, 0.15) is 5.82 Å². The van der Waals surface area contributed by atoms with Crippen LogP contribution in [0.3, 0.4) is 0 Å². The minimum Gasteiger partial charge on any atom is -0.382 e. The highest BCUT2D eigenvalue weighted by molar-refractivity contribution is 6.05.